The molecule has 3 rings (SSSR count). The van der Waals surface area contributed by atoms with E-state index in [1.165, 1.54) is 12.1 Å². The van der Waals surface area contributed by atoms with Crippen molar-refractivity contribution >= 4 is 46.0 Å². The molecule has 0 aromatic heterocycles. The molecule has 0 saturated heterocycles. The van der Waals surface area contributed by atoms with Crippen LogP contribution in [0.3, 0.4) is 0 Å². The third-order valence-electron chi connectivity index (χ3n) is 3.55. The Morgan fingerprint density at radius 1 is 1.04 bits per heavy atom. The Kier molecular flexibility index (Phi) is 5.01. The van der Waals surface area contributed by atoms with Crippen LogP contribution in [0.15, 0.2) is 71.8 Å². The average Bonchev–Trinajstić information content (AvgIpc) is 2.62. The Hall–Kier alpha value is -3.25. The second-order valence-electron chi connectivity index (χ2n) is 5.26. The van der Waals surface area contributed by atoms with Gasteiger partial charge in [0.05, 0.1) is 12.2 Å². The van der Waals surface area contributed by atoms with Crippen LogP contribution in [-0.2, 0) is 0 Å². The number of hydrogen-bond acceptors (Lipinski definition) is 4. The quantitative estimate of drug-likeness (QED) is 0.430. The SMILES string of the molecule is O=C([O-])c1cccc(NC(=S)NN=Cc2cccc3ccccc23)c1. The van der Waals surface area contributed by atoms with Crippen molar-refractivity contribution in [1.29, 1.82) is 0 Å². The normalized spacial score (nSPS) is 10.7. The number of carboxylic acid groups (broad SMARTS) is 1. The Balaban J connectivity index is 1.66. The highest BCUT2D eigenvalue weighted by molar-refractivity contribution is 7.80. The van der Waals surface area contributed by atoms with Crippen LogP contribution < -0.4 is 15.8 Å². The number of carbonyl (C=O) groups is 1. The fourth-order valence-electron chi connectivity index (χ4n) is 2.41. The van der Waals surface area contributed by atoms with Gasteiger partial charge in [-0.2, -0.15) is 5.10 Å². The molecule has 0 aliphatic heterocycles. The van der Waals surface area contributed by atoms with Crippen molar-refractivity contribution in [1.82, 2.24) is 5.43 Å². The van der Waals surface area contributed by atoms with Gasteiger partial charge in [0.1, 0.15) is 0 Å². The van der Waals surface area contributed by atoms with Crippen LogP contribution in [0.4, 0.5) is 5.69 Å². The Bertz CT molecular complexity index is 964. The third-order valence-corrected chi connectivity index (χ3v) is 3.74. The van der Waals surface area contributed by atoms with Crippen molar-refractivity contribution in [2.75, 3.05) is 5.32 Å². The van der Waals surface area contributed by atoms with Crippen LogP contribution in [0.25, 0.3) is 10.8 Å². The van der Waals surface area contributed by atoms with E-state index in [1.807, 2.05) is 42.5 Å². The molecule has 3 aromatic carbocycles. The number of nitrogens with zero attached hydrogens (tertiary/aromatic N) is 1. The zero-order valence-corrected chi connectivity index (χ0v) is 13.9. The van der Waals surface area contributed by atoms with E-state index in [9.17, 15) is 9.90 Å². The number of carboxylic acids is 1. The topological polar surface area (TPSA) is 76.5 Å². The molecule has 0 unspecified atom stereocenters. The molecule has 0 saturated carbocycles. The van der Waals surface area contributed by atoms with Crippen LogP contribution in [0.2, 0.25) is 0 Å². The number of hydrogen-bond donors (Lipinski definition) is 2. The van der Waals surface area contributed by atoms with Crippen LogP contribution >= 0.6 is 12.2 Å². The Labute approximate surface area is 150 Å². The van der Waals surface area contributed by atoms with Crippen LogP contribution in [0, 0.1) is 0 Å². The first kappa shape index (κ1) is 16.6. The highest BCUT2D eigenvalue weighted by atomic mass is 32.1. The van der Waals surface area contributed by atoms with Gasteiger partial charge in [0.2, 0.25) is 0 Å². The number of fused-ring (bicyclic) bond motifs is 1. The fraction of sp³-hybridized carbons (Fsp3) is 0. The maximum absolute atomic E-state index is 10.9. The average molecular weight is 348 g/mol. The van der Waals surface area contributed by atoms with Crippen molar-refractivity contribution in [3.8, 4) is 0 Å². The first-order chi connectivity index (χ1) is 12.1. The summed E-state index contributed by atoms with van der Waals surface area (Å²) in [4.78, 5) is 10.9. The minimum absolute atomic E-state index is 0.0760. The van der Waals surface area contributed by atoms with E-state index in [0.29, 0.717) is 5.69 Å². The van der Waals surface area contributed by atoms with E-state index >= 15 is 0 Å². The van der Waals surface area contributed by atoms with E-state index < -0.39 is 5.97 Å². The number of nitrogens with one attached hydrogen (secondary N) is 2. The first-order valence-electron chi connectivity index (χ1n) is 7.53. The molecule has 0 spiro atoms. The van der Waals surface area contributed by atoms with Crippen LogP contribution in [0.1, 0.15) is 15.9 Å². The fourth-order valence-corrected chi connectivity index (χ4v) is 2.58. The van der Waals surface area contributed by atoms with Gasteiger partial charge in [0.15, 0.2) is 5.11 Å². The molecule has 25 heavy (non-hydrogen) atoms. The minimum atomic E-state index is -1.24. The third kappa shape index (κ3) is 4.19. The molecule has 0 heterocycles. The monoisotopic (exact) mass is 348 g/mol. The molecule has 0 amide bonds. The molecule has 5 nitrogen and oxygen atoms in total. The zero-order valence-electron chi connectivity index (χ0n) is 13.1. The number of aromatic carboxylic acids is 1. The molecular weight excluding hydrogens is 334 g/mol. The number of hydrazone groups is 1. The lowest BCUT2D eigenvalue weighted by molar-refractivity contribution is -0.255. The van der Waals surface area contributed by atoms with Gasteiger partial charge in [-0.1, -0.05) is 54.6 Å². The van der Waals surface area contributed by atoms with Crippen molar-refractivity contribution in [2.45, 2.75) is 0 Å². The van der Waals surface area contributed by atoms with E-state index in [2.05, 4.69) is 15.8 Å². The van der Waals surface area contributed by atoms with Crippen LogP contribution in [-0.4, -0.2) is 17.3 Å². The highest BCUT2D eigenvalue weighted by Gasteiger charge is 2.00. The summed E-state index contributed by atoms with van der Waals surface area (Å²) in [6, 6.07) is 20.2. The number of carbonyl (C=O) groups excluding carboxylic acids is 1. The van der Waals surface area contributed by atoms with Crippen molar-refractivity contribution < 1.29 is 9.90 Å². The number of benzene rings is 3. The summed E-state index contributed by atoms with van der Waals surface area (Å²) in [5.41, 5.74) is 4.30. The number of thiocarbonyl (C=S) groups is 1. The maximum Gasteiger partial charge on any atom is 0.191 e. The van der Waals surface area contributed by atoms with Gasteiger partial charge in [-0.05, 0) is 40.7 Å². The van der Waals surface area contributed by atoms with Gasteiger partial charge in [0.25, 0.3) is 0 Å². The standard InChI is InChI=1S/C19H15N3O2S/c23-18(24)14-7-4-9-16(11-14)21-19(25)22-20-12-15-8-3-6-13-5-1-2-10-17(13)15/h1-12H,(H,23,24)(H2,21,22,25)/p-1. The Morgan fingerprint density at radius 2 is 1.80 bits per heavy atom. The summed E-state index contributed by atoms with van der Waals surface area (Å²) in [6.45, 7) is 0. The molecule has 0 bridgehead atoms. The van der Waals surface area contributed by atoms with Gasteiger partial charge in [-0.15, -0.1) is 0 Å². The van der Waals surface area contributed by atoms with Crippen molar-refractivity contribution in [3.63, 3.8) is 0 Å². The van der Waals surface area contributed by atoms with Gasteiger partial charge >= 0.3 is 0 Å². The summed E-state index contributed by atoms with van der Waals surface area (Å²) in [6.07, 6.45) is 1.69. The molecule has 2 N–H and O–H groups in total. The van der Waals surface area contributed by atoms with E-state index in [1.54, 1.807) is 18.3 Å². The van der Waals surface area contributed by atoms with Crippen molar-refractivity contribution in [2.24, 2.45) is 5.10 Å². The van der Waals surface area contributed by atoms with Gasteiger partial charge in [-0.3, -0.25) is 5.43 Å². The summed E-state index contributed by atoms with van der Waals surface area (Å²) < 4.78 is 0. The minimum Gasteiger partial charge on any atom is -0.545 e. The molecule has 3 aromatic rings. The predicted octanol–water partition coefficient (Wildman–Crippen LogP) is 2.52. The molecule has 6 heteroatoms. The number of rotatable bonds is 4. The lowest BCUT2D eigenvalue weighted by Gasteiger charge is -2.09. The lowest BCUT2D eigenvalue weighted by Crippen LogP contribution is -2.25. The summed E-state index contributed by atoms with van der Waals surface area (Å²) in [5, 5.41) is 20.4. The highest BCUT2D eigenvalue weighted by Crippen LogP contribution is 2.16. The Morgan fingerprint density at radius 3 is 2.64 bits per heavy atom. The van der Waals surface area contributed by atoms with Crippen molar-refractivity contribution in [3.05, 3.63) is 77.9 Å². The lowest BCUT2D eigenvalue weighted by atomic mass is 10.1. The molecule has 124 valence electrons. The smallest absolute Gasteiger partial charge is 0.191 e. The molecule has 0 radical (unpaired) electrons. The summed E-state index contributed by atoms with van der Waals surface area (Å²) >= 11 is 5.16. The van der Waals surface area contributed by atoms with Gasteiger partial charge in [-0.25, -0.2) is 0 Å². The number of anilines is 1. The van der Waals surface area contributed by atoms with E-state index in [4.69, 9.17) is 12.2 Å². The largest absolute Gasteiger partial charge is 0.545 e. The molecule has 0 fully saturated rings. The summed E-state index contributed by atoms with van der Waals surface area (Å²) in [7, 11) is 0. The van der Waals surface area contributed by atoms with E-state index in [-0.39, 0.29) is 10.7 Å². The van der Waals surface area contributed by atoms with Crippen LogP contribution in [0.5, 0.6) is 0 Å². The predicted molar refractivity (Wildman–Crippen MR) is 102 cm³/mol. The zero-order chi connectivity index (χ0) is 17.6. The molecule has 0 aliphatic rings. The van der Waals surface area contributed by atoms with Gasteiger partial charge < -0.3 is 15.2 Å². The molecule has 0 aliphatic carbocycles. The summed E-state index contributed by atoms with van der Waals surface area (Å²) in [5.74, 6) is -1.24. The first-order valence-corrected chi connectivity index (χ1v) is 7.93. The molecular formula is C19H14N3O2S-. The second kappa shape index (κ2) is 7.55. The van der Waals surface area contributed by atoms with E-state index in [0.717, 1.165) is 16.3 Å². The maximum atomic E-state index is 10.9. The second-order valence-corrected chi connectivity index (χ2v) is 5.67. The molecule has 0 atom stereocenters. The van der Waals surface area contributed by atoms with Gasteiger partial charge in [0, 0.05) is 11.3 Å².